The normalized spacial score (nSPS) is 10.4. The van der Waals surface area contributed by atoms with Gasteiger partial charge in [0.25, 0.3) is 0 Å². The highest BCUT2D eigenvalue weighted by Gasteiger charge is 1.99. The van der Waals surface area contributed by atoms with Crippen molar-refractivity contribution in [3.8, 4) is 5.75 Å². The van der Waals surface area contributed by atoms with Gasteiger partial charge in [0.05, 0.1) is 0 Å². The van der Waals surface area contributed by atoms with Gasteiger partial charge in [-0.25, -0.2) is 4.39 Å². The summed E-state index contributed by atoms with van der Waals surface area (Å²) in [6.45, 7) is 3.28. The second-order valence-electron chi connectivity index (χ2n) is 5.78. The van der Waals surface area contributed by atoms with Crippen LogP contribution in [-0.2, 0) is 13.2 Å². The van der Waals surface area contributed by atoms with E-state index in [0.29, 0.717) is 6.61 Å². The summed E-state index contributed by atoms with van der Waals surface area (Å²) in [5.74, 6) is 0.572. The number of benzene rings is 3. The largest absolute Gasteiger partial charge is 0.489 e. The molecule has 1 N–H and O–H groups in total. The number of ether oxygens (including phenoxy) is 1. The lowest BCUT2D eigenvalue weighted by Gasteiger charge is -2.09. The van der Waals surface area contributed by atoms with Crippen LogP contribution in [0.4, 0.5) is 10.1 Å². The average molecular weight is 321 g/mol. The summed E-state index contributed by atoms with van der Waals surface area (Å²) >= 11 is 0. The van der Waals surface area contributed by atoms with Crippen LogP contribution in [0, 0.1) is 12.7 Å². The molecule has 0 aliphatic carbocycles. The monoisotopic (exact) mass is 321 g/mol. The maximum Gasteiger partial charge on any atom is 0.123 e. The Kier molecular flexibility index (Phi) is 5.12. The van der Waals surface area contributed by atoms with Crippen molar-refractivity contribution >= 4 is 5.69 Å². The van der Waals surface area contributed by atoms with Crippen LogP contribution in [0.3, 0.4) is 0 Å². The highest BCUT2D eigenvalue weighted by Crippen LogP contribution is 2.16. The third-order valence-corrected chi connectivity index (χ3v) is 3.76. The molecule has 122 valence electrons. The number of rotatable bonds is 6. The average Bonchev–Trinajstić information content (AvgIpc) is 2.60. The standard InChI is InChI=1S/C21H20FNO/c1-16-3-2-4-20(13-16)23-14-17-7-11-21(12-8-17)24-15-18-5-9-19(22)10-6-18/h2-13,23H,14-15H2,1H3. The van der Waals surface area contributed by atoms with E-state index in [1.165, 1.54) is 23.3 Å². The molecule has 0 aromatic heterocycles. The molecule has 0 bridgehead atoms. The summed E-state index contributed by atoms with van der Waals surface area (Å²) in [5, 5.41) is 3.41. The van der Waals surface area contributed by atoms with Crippen LogP contribution in [-0.4, -0.2) is 0 Å². The van der Waals surface area contributed by atoms with Crippen LogP contribution < -0.4 is 10.1 Å². The molecule has 24 heavy (non-hydrogen) atoms. The summed E-state index contributed by atoms with van der Waals surface area (Å²) in [7, 11) is 0. The Balaban J connectivity index is 1.52. The Morgan fingerprint density at radius 2 is 1.58 bits per heavy atom. The molecule has 0 aliphatic heterocycles. The molecule has 0 amide bonds. The number of hydrogen-bond acceptors (Lipinski definition) is 2. The lowest BCUT2D eigenvalue weighted by atomic mass is 10.2. The van der Waals surface area contributed by atoms with Crippen LogP contribution in [0.2, 0.25) is 0 Å². The van der Waals surface area contributed by atoms with Gasteiger partial charge in [0.15, 0.2) is 0 Å². The Bertz CT molecular complexity index is 782. The van der Waals surface area contributed by atoms with Crippen molar-refractivity contribution in [2.75, 3.05) is 5.32 Å². The predicted molar refractivity (Wildman–Crippen MR) is 95.7 cm³/mol. The number of aryl methyl sites for hydroxylation is 1. The number of anilines is 1. The van der Waals surface area contributed by atoms with Gasteiger partial charge >= 0.3 is 0 Å². The van der Waals surface area contributed by atoms with Crippen molar-refractivity contribution in [3.63, 3.8) is 0 Å². The minimum atomic E-state index is -0.232. The first kappa shape index (κ1) is 16.1. The molecule has 0 saturated heterocycles. The smallest absolute Gasteiger partial charge is 0.123 e. The summed E-state index contributed by atoms with van der Waals surface area (Å²) in [4.78, 5) is 0. The van der Waals surface area contributed by atoms with Crippen LogP contribution in [0.25, 0.3) is 0 Å². The highest BCUT2D eigenvalue weighted by molar-refractivity contribution is 5.46. The van der Waals surface area contributed by atoms with Crippen LogP contribution in [0.1, 0.15) is 16.7 Å². The molecule has 3 aromatic carbocycles. The second-order valence-corrected chi connectivity index (χ2v) is 5.78. The first-order chi connectivity index (χ1) is 11.7. The Morgan fingerprint density at radius 1 is 0.875 bits per heavy atom. The molecule has 0 spiro atoms. The van der Waals surface area contributed by atoms with E-state index in [1.54, 1.807) is 12.1 Å². The minimum absolute atomic E-state index is 0.232. The van der Waals surface area contributed by atoms with E-state index in [1.807, 2.05) is 30.3 Å². The molecule has 0 unspecified atom stereocenters. The van der Waals surface area contributed by atoms with E-state index in [2.05, 4.69) is 30.4 Å². The fourth-order valence-corrected chi connectivity index (χ4v) is 2.41. The molecular formula is C21H20FNO. The van der Waals surface area contributed by atoms with Crippen LogP contribution in [0.15, 0.2) is 72.8 Å². The van der Waals surface area contributed by atoms with Crippen LogP contribution in [0.5, 0.6) is 5.75 Å². The van der Waals surface area contributed by atoms with Crippen molar-refractivity contribution in [1.82, 2.24) is 0 Å². The zero-order chi connectivity index (χ0) is 16.8. The molecule has 3 heteroatoms. The van der Waals surface area contributed by atoms with Gasteiger partial charge in [0, 0.05) is 12.2 Å². The number of hydrogen-bond donors (Lipinski definition) is 1. The third kappa shape index (κ3) is 4.59. The zero-order valence-electron chi connectivity index (χ0n) is 13.6. The van der Waals surface area contributed by atoms with Crippen molar-refractivity contribution in [2.24, 2.45) is 0 Å². The predicted octanol–water partition coefficient (Wildman–Crippen LogP) is 5.33. The molecule has 0 heterocycles. The molecule has 3 rings (SSSR count). The molecule has 0 atom stereocenters. The van der Waals surface area contributed by atoms with Gasteiger partial charge < -0.3 is 10.1 Å². The first-order valence-electron chi connectivity index (χ1n) is 7.96. The summed E-state index contributed by atoms with van der Waals surface area (Å²) in [6, 6.07) is 22.7. The van der Waals surface area contributed by atoms with Crippen molar-refractivity contribution in [1.29, 1.82) is 0 Å². The van der Waals surface area contributed by atoms with Gasteiger partial charge in [-0.15, -0.1) is 0 Å². The Hall–Kier alpha value is -2.81. The fourth-order valence-electron chi connectivity index (χ4n) is 2.41. The highest BCUT2D eigenvalue weighted by atomic mass is 19.1. The Labute approximate surface area is 141 Å². The molecule has 0 saturated carbocycles. The van der Waals surface area contributed by atoms with E-state index >= 15 is 0 Å². The van der Waals surface area contributed by atoms with Crippen molar-refractivity contribution in [3.05, 3.63) is 95.3 Å². The van der Waals surface area contributed by atoms with Gasteiger partial charge in [-0.05, 0) is 60.0 Å². The quantitative estimate of drug-likeness (QED) is 0.663. The molecule has 2 nitrogen and oxygen atoms in total. The van der Waals surface area contributed by atoms with Crippen molar-refractivity contribution in [2.45, 2.75) is 20.1 Å². The molecule has 0 radical (unpaired) electrons. The second kappa shape index (κ2) is 7.64. The Morgan fingerprint density at radius 3 is 2.29 bits per heavy atom. The summed E-state index contributed by atoms with van der Waals surface area (Å²) in [5.41, 5.74) is 4.49. The topological polar surface area (TPSA) is 21.3 Å². The van der Waals surface area contributed by atoms with Crippen LogP contribution >= 0.6 is 0 Å². The van der Waals surface area contributed by atoms with E-state index in [9.17, 15) is 4.39 Å². The SMILES string of the molecule is Cc1cccc(NCc2ccc(OCc3ccc(F)cc3)cc2)c1. The molecule has 0 fully saturated rings. The molecule has 0 aliphatic rings. The van der Waals surface area contributed by atoms with Crippen molar-refractivity contribution < 1.29 is 9.13 Å². The molecule has 3 aromatic rings. The first-order valence-corrected chi connectivity index (χ1v) is 7.96. The van der Waals surface area contributed by atoms with E-state index in [0.717, 1.165) is 23.5 Å². The lowest BCUT2D eigenvalue weighted by molar-refractivity contribution is 0.306. The van der Waals surface area contributed by atoms with Gasteiger partial charge in [-0.1, -0.05) is 36.4 Å². The summed E-state index contributed by atoms with van der Waals surface area (Å²) < 4.78 is 18.6. The number of halogens is 1. The van der Waals surface area contributed by atoms with E-state index in [-0.39, 0.29) is 5.82 Å². The fraction of sp³-hybridized carbons (Fsp3) is 0.143. The van der Waals surface area contributed by atoms with Gasteiger partial charge in [0.2, 0.25) is 0 Å². The summed E-state index contributed by atoms with van der Waals surface area (Å²) in [6.07, 6.45) is 0. The molecular weight excluding hydrogens is 301 g/mol. The maximum atomic E-state index is 12.9. The van der Waals surface area contributed by atoms with Gasteiger partial charge in [0.1, 0.15) is 18.2 Å². The van der Waals surface area contributed by atoms with E-state index < -0.39 is 0 Å². The van der Waals surface area contributed by atoms with Gasteiger partial charge in [-0.2, -0.15) is 0 Å². The minimum Gasteiger partial charge on any atom is -0.489 e. The van der Waals surface area contributed by atoms with Gasteiger partial charge in [-0.3, -0.25) is 0 Å². The lowest BCUT2D eigenvalue weighted by Crippen LogP contribution is -2.00. The third-order valence-electron chi connectivity index (χ3n) is 3.76. The van der Waals surface area contributed by atoms with E-state index in [4.69, 9.17) is 4.74 Å². The zero-order valence-corrected chi connectivity index (χ0v) is 13.6. The number of nitrogens with one attached hydrogen (secondary N) is 1. The maximum absolute atomic E-state index is 12.9.